The topological polar surface area (TPSA) is 34.4 Å². The average molecular weight is 379 g/mol. The Balaban J connectivity index is 3.06. The molecule has 15 heavy (non-hydrogen) atoms. The maximum atomic E-state index is 12.0. The highest BCUT2D eigenvalue weighted by atomic mass is 127. The van der Waals surface area contributed by atoms with Crippen LogP contribution in [0.1, 0.15) is 11.3 Å². The Morgan fingerprint density at radius 2 is 2.13 bits per heavy atom. The molecule has 2 aromatic heterocycles. The van der Waals surface area contributed by atoms with Gasteiger partial charge in [-0.2, -0.15) is 0 Å². The van der Waals surface area contributed by atoms with E-state index in [0.29, 0.717) is 11.2 Å². The number of rotatable bonds is 0. The fraction of sp³-hybridized carbons (Fsp3) is 0.200. The molecule has 0 aliphatic carbocycles. The van der Waals surface area contributed by atoms with Gasteiger partial charge in [-0.3, -0.25) is 9.20 Å². The Morgan fingerprint density at radius 3 is 2.80 bits per heavy atom. The third-order valence-corrected chi connectivity index (χ3v) is 3.54. The first kappa shape index (κ1) is 11.1. The van der Waals surface area contributed by atoms with Crippen LogP contribution >= 0.6 is 38.5 Å². The predicted molar refractivity (Wildman–Crippen MR) is 71.4 cm³/mol. The number of hydrogen-bond acceptors (Lipinski definition) is 2. The SMILES string of the molecule is Cc1nc2c(I)cc(Br)cn2c(=O)c1C. The van der Waals surface area contributed by atoms with Gasteiger partial charge in [-0.25, -0.2) is 4.98 Å². The first-order chi connectivity index (χ1) is 7.00. The fourth-order valence-corrected chi connectivity index (χ4v) is 2.94. The van der Waals surface area contributed by atoms with E-state index in [0.717, 1.165) is 13.7 Å². The highest BCUT2D eigenvalue weighted by Gasteiger charge is 2.08. The van der Waals surface area contributed by atoms with Crippen LogP contribution in [-0.4, -0.2) is 9.38 Å². The van der Waals surface area contributed by atoms with E-state index in [1.807, 2.05) is 13.0 Å². The summed E-state index contributed by atoms with van der Waals surface area (Å²) in [4.78, 5) is 16.4. The number of halogens is 2. The quantitative estimate of drug-likeness (QED) is 0.660. The van der Waals surface area contributed by atoms with Gasteiger partial charge in [-0.15, -0.1) is 0 Å². The number of fused-ring (bicyclic) bond motifs is 1. The largest absolute Gasteiger partial charge is 0.269 e. The summed E-state index contributed by atoms with van der Waals surface area (Å²) in [6, 6.07) is 1.94. The number of aromatic nitrogens is 2. The van der Waals surface area contributed by atoms with Gasteiger partial charge in [-0.05, 0) is 58.4 Å². The lowest BCUT2D eigenvalue weighted by atomic mass is 10.2. The van der Waals surface area contributed by atoms with Gasteiger partial charge in [0.25, 0.3) is 5.56 Å². The lowest BCUT2D eigenvalue weighted by Crippen LogP contribution is -2.19. The van der Waals surface area contributed by atoms with E-state index in [2.05, 4.69) is 43.5 Å². The zero-order valence-electron chi connectivity index (χ0n) is 8.21. The monoisotopic (exact) mass is 378 g/mol. The Bertz CT molecular complexity index is 606. The van der Waals surface area contributed by atoms with Crippen molar-refractivity contribution >= 4 is 44.2 Å². The summed E-state index contributed by atoms with van der Waals surface area (Å²) in [5.41, 5.74) is 2.20. The molecule has 0 atom stereocenters. The standard InChI is InChI=1S/C10H8BrIN2O/c1-5-6(2)13-9-8(12)3-7(11)4-14(9)10(5)15/h3-4H,1-2H3. The van der Waals surface area contributed by atoms with Gasteiger partial charge < -0.3 is 0 Å². The maximum absolute atomic E-state index is 12.0. The summed E-state index contributed by atoms with van der Waals surface area (Å²) in [6.07, 6.45) is 1.75. The lowest BCUT2D eigenvalue weighted by Gasteiger charge is -2.06. The van der Waals surface area contributed by atoms with E-state index in [1.54, 1.807) is 17.5 Å². The molecule has 0 aromatic carbocycles. The van der Waals surface area contributed by atoms with E-state index in [9.17, 15) is 4.79 Å². The summed E-state index contributed by atoms with van der Waals surface area (Å²) in [5, 5.41) is 0. The van der Waals surface area contributed by atoms with Crippen molar-refractivity contribution in [1.82, 2.24) is 9.38 Å². The van der Waals surface area contributed by atoms with Gasteiger partial charge in [0.2, 0.25) is 0 Å². The average Bonchev–Trinajstić information content (AvgIpc) is 2.17. The van der Waals surface area contributed by atoms with Crippen LogP contribution in [0.25, 0.3) is 5.65 Å². The minimum atomic E-state index is -0.00304. The van der Waals surface area contributed by atoms with Crippen LogP contribution in [0, 0.1) is 17.4 Å². The van der Waals surface area contributed by atoms with Gasteiger partial charge in [0, 0.05) is 21.9 Å². The molecule has 0 saturated carbocycles. The lowest BCUT2D eigenvalue weighted by molar-refractivity contribution is 0.975. The second kappa shape index (κ2) is 3.86. The van der Waals surface area contributed by atoms with Crippen LogP contribution in [0.15, 0.2) is 21.5 Å². The minimum absolute atomic E-state index is 0.00304. The van der Waals surface area contributed by atoms with Crippen molar-refractivity contribution in [1.29, 1.82) is 0 Å². The molecule has 0 fully saturated rings. The second-order valence-electron chi connectivity index (χ2n) is 3.33. The van der Waals surface area contributed by atoms with Gasteiger partial charge in [-0.1, -0.05) is 0 Å². The van der Waals surface area contributed by atoms with Crippen molar-refractivity contribution in [3.05, 3.63) is 41.9 Å². The van der Waals surface area contributed by atoms with E-state index >= 15 is 0 Å². The van der Waals surface area contributed by atoms with Crippen molar-refractivity contribution < 1.29 is 0 Å². The molecule has 78 valence electrons. The summed E-state index contributed by atoms with van der Waals surface area (Å²) >= 11 is 5.54. The summed E-state index contributed by atoms with van der Waals surface area (Å²) in [5.74, 6) is 0. The van der Waals surface area contributed by atoms with Gasteiger partial charge in [0.05, 0.1) is 3.57 Å². The summed E-state index contributed by atoms with van der Waals surface area (Å²) < 4.78 is 3.42. The molecular formula is C10H8BrIN2O. The molecule has 3 nitrogen and oxygen atoms in total. The molecule has 0 bridgehead atoms. The van der Waals surface area contributed by atoms with Crippen molar-refractivity contribution in [3.8, 4) is 0 Å². The molecule has 0 N–H and O–H groups in total. The third kappa shape index (κ3) is 1.82. The molecule has 0 aliphatic rings. The van der Waals surface area contributed by atoms with Gasteiger partial charge in [0.1, 0.15) is 0 Å². The number of aryl methyl sites for hydroxylation is 1. The first-order valence-corrected chi connectivity index (χ1v) is 6.22. The highest BCUT2D eigenvalue weighted by Crippen LogP contribution is 2.17. The number of pyridine rings is 1. The predicted octanol–water partition coefficient (Wildman–Crippen LogP) is 2.68. The van der Waals surface area contributed by atoms with Crippen molar-refractivity contribution in [2.45, 2.75) is 13.8 Å². The third-order valence-electron chi connectivity index (χ3n) is 2.31. The molecule has 2 rings (SSSR count). The van der Waals surface area contributed by atoms with E-state index in [4.69, 9.17) is 0 Å². The first-order valence-electron chi connectivity index (χ1n) is 4.35. The maximum Gasteiger partial charge on any atom is 0.261 e. The van der Waals surface area contributed by atoms with E-state index in [-0.39, 0.29) is 5.56 Å². The number of nitrogens with zero attached hydrogens (tertiary/aromatic N) is 2. The summed E-state index contributed by atoms with van der Waals surface area (Å²) in [6.45, 7) is 3.65. The zero-order chi connectivity index (χ0) is 11.2. The van der Waals surface area contributed by atoms with Gasteiger partial charge in [0.15, 0.2) is 5.65 Å². The zero-order valence-corrected chi connectivity index (χ0v) is 12.0. The molecule has 2 aromatic rings. The van der Waals surface area contributed by atoms with Crippen molar-refractivity contribution in [3.63, 3.8) is 0 Å². The van der Waals surface area contributed by atoms with Crippen molar-refractivity contribution in [2.75, 3.05) is 0 Å². The van der Waals surface area contributed by atoms with E-state index < -0.39 is 0 Å². The molecule has 0 radical (unpaired) electrons. The number of hydrogen-bond donors (Lipinski definition) is 0. The van der Waals surface area contributed by atoms with Crippen LogP contribution in [0.3, 0.4) is 0 Å². The molecule has 0 saturated heterocycles. The molecule has 0 amide bonds. The second-order valence-corrected chi connectivity index (χ2v) is 5.41. The molecule has 0 unspecified atom stereocenters. The van der Waals surface area contributed by atoms with Crippen LogP contribution < -0.4 is 5.56 Å². The normalized spacial score (nSPS) is 10.9. The molecule has 0 aliphatic heterocycles. The van der Waals surface area contributed by atoms with Crippen LogP contribution in [-0.2, 0) is 0 Å². The molecule has 5 heteroatoms. The van der Waals surface area contributed by atoms with Crippen LogP contribution in [0.5, 0.6) is 0 Å². The highest BCUT2D eigenvalue weighted by molar-refractivity contribution is 14.1. The Kier molecular flexibility index (Phi) is 2.85. The molecular weight excluding hydrogens is 371 g/mol. The van der Waals surface area contributed by atoms with Crippen LogP contribution in [0.4, 0.5) is 0 Å². The van der Waals surface area contributed by atoms with Gasteiger partial charge >= 0.3 is 0 Å². The Morgan fingerprint density at radius 1 is 1.47 bits per heavy atom. The minimum Gasteiger partial charge on any atom is -0.269 e. The Labute approximate surface area is 109 Å². The van der Waals surface area contributed by atoms with Crippen LogP contribution in [0.2, 0.25) is 0 Å². The van der Waals surface area contributed by atoms with E-state index in [1.165, 1.54) is 0 Å². The van der Waals surface area contributed by atoms with Crippen molar-refractivity contribution in [2.24, 2.45) is 0 Å². The summed E-state index contributed by atoms with van der Waals surface area (Å²) in [7, 11) is 0. The fourth-order valence-electron chi connectivity index (χ4n) is 1.36. The smallest absolute Gasteiger partial charge is 0.261 e. The Hall–Kier alpha value is -0.430. The molecule has 0 spiro atoms. The molecule has 2 heterocycles.